The molecule has 2 N–H and O–H groups in total. The molecule has 0 spiro atoms. The molecule has 188 valence electrons. The lowest BCUT2D eigenvalue weighted by molar-refractivity contribution is -0.140. The third-order valence-corrected chi connectivity index (χ3v) is 7.28. The van der Waals surface area contributed by atoms with Gasteiger partial charge in [-0.1, -0.05) is 24.3 Å². The van der Waals surface area contributed by atoms with Crippen LogP contribution in [0.25, 0.3) is 10.4 Å². The third kappa shape index (κ3) is 6.39. The van der Waals surface area contributed by atoms with Gasteiger partial charge in [0.15, 0.2) is 0 Å². The molecule has 1 aromatic heterocycles. The zero-order valence-electron chi connectivity index (χ0n) is 20.8. The van der Waals surface area contributed by atoms with E-state index in [2.05, 4.69) is 15.6 Å². The van der Waals surface area contributed by atoms with Gasteiger partial charge >= 0.3 is 6.09 Å². The second-order valence-corrected chi connectivity index (χ2v) is 11.2. The van der Waals surface area contributed by atoms with Gasteiger partial charge in [-0.05, 0) is 70.4 Å². The third-order valence-electron chi connectivity index (χ3n) is 6.30. The number of likely N-dealkylation sites (tertiary alicyclic amines) is 1. The molecule has 0 radical (unpaired) electrons. The predicted molar refractivity (Wildman–Crippen MR) is 135 cm³/mol. The van der Waals surface area contributed by atoms with Gasteiger partial charge in [0.2, 0.25) is 11.8 Å². The molecule has 2 fully saturated rings. The van der Waals surface area contributed by atoms with Crippen molar-refractivity contribution in [3.8, 4) is 10.4 Å². The Morgan fingerprint density at radius 1 is 1.17 bits per heavy atom. The number of thiazole rings is 1. The maximum atomic E-state index is 13.4. The molecule has 1 saturated heterocycles. The summed E-state index contributed by atoms with van der Waals surface area (Å²) in [6, 6.07) is 6.90. The number of nitrogens with zero attached hydrogens (tertiary/aromatic N) is 2. The summed E-state index contributed by atoms with van der Waals surface area (Å²) in [7, 11) is 0. The van der Waals surface area contributed by atoms with Crippen molar-refractivity contribution in [1.82, 2.24) is 20.5 Å². The number of hydrogen-bond donors (Lipinski definition) is 2. The fourth-order valence-electron chi connectivity index (χ4n) is 4.39. The quantitative estimate of drug-likeness (QED) is 0.600. The molecule has 4 rings (SSSR count). The molecule has 8 nitrogen and oxygen atoms in total. The first-order valence-corrected chi connectivity index (χ1v) is 13.1. The summed E-state index contributed by atoms with van der Waals surface area (Å²) in [5, 5.41) is 5.75. The largest absolute Gasteiger partial charge is 0.444 e. The maximum Gasteiger partial charge on any atom is 0.408 e. The van der Waals surface area contributed by atoms with E-state index in [0.717, 1.165) is 41.0 Å². The van der Waals surface area contributed by atoms with Crippen LogP contribution < -0.4 is 10.6 Å². The zero-order valence-corrected chi connectivity index (χ0v) is 21.6. The van der Waals surface area contributed by atoms with Crippen LogP contribution in [0, 0.1) is 12.8 Å². The number of amides is 3. The van der Waals surface area contributed by atoms with E-state index in [1.807, 2.05) is 36.7 Å². The summed E-state index contributed by atoms with van der Waals surface area (Å²) in [5.41, 5.74) is 4.30. The van der Waals surface area contributed by atoms with Gasteiger partial charge in [-0.3, -0.25) is 9.59 Å². The molecular formula is C26H34N4O4S. The van der Waals surface area contributed by atoms with Crippen LogP contribution in [-0.2, 0) is 20.9 Å². The smallest absolute Gasteiger partial charge is 0.408 e. The summed E-state index contributed by atoms with van der Waals surface area (Å²) in [6.45, 7) is 8.26. The highest BCUT2D eigenvalue weighted by molar-refractivity contribution is 7.13. The number of nitrogens with one attached hydrogen (secondary N) is 2. The zero-order chi connectivity index (χ0) is 25.2. The van der Waals surface area contributed by atoms with Crippen LogP contribution in [0.15, 0.2) is 29.8 Å². The topological polar surface area (TPSA) is 101 Å². The highest BCUT2D eigenvalue weighted by Gasteiger charge is 2.44. The van der Waals surface area contributed by atoms with Gasteiger partial charge in [0, 0.05) is 13.1 Å². The Balaban J connectivity index is 1.35. The minimum Gasteiger partial charge on any atom is -0.444 e. The molecule has 3 amide bonds. The van der Waals surface area contributed by atoms with E-state index in [-0.39, 0.29) is 17.7 Å². The minimum atomic E-state index is -0.652. The summed E-state index contributed by atoms with van der Waals surface area (Å²) >= 11 is 1.61. The van der Waals surface area contributed by atoms with Gasteiger partial charge in [0.1, 0.15) is 17.7 Å². The van der Waals surface area contributed by atoms with Gasteiger partial charge in [-0.15, -0.1) is 11.3 Å². The normalized spacial score (nSPS) is 18.7. The van der Waals surface area contributed by atoms with Crippen LogP contribution in [0.2, 0.25) is 0 Å². The second-order valence-electron chi connectivity index (χ2n) is 10.3. The fourth-order valence-corrected chi connectivity index (χ4v) is 5.20. The van der Waals surface area contributed by atoms with Gasteiger partial charge in [-0.25, -0.2) is 9.78 Å². The molecule has 2 unspecified atom stereocenters. The molecule has 1 aliphatic heterocycles. The van der Waals surface area contributed by atoms with Crippen molar-refractivity contribution in [2.45, 2.75) is 77.6 Å². The first-order chi connectivity index (χ1) is 16.6. The van der Waals surface area contributed by atoms with Crippen molar-refractivity contribution in [2.75, 3.05) is 6.54 Å². The second kappa shape index (κ2) is 10.4. The molecule has 1 saturated carbocycles. The molecule has 1 aliphatic carbocycles. The van der Waals surface area contributed by atoms with Gasteiger partial charge in [0.25, 0.3) is 0 Å². The van der Waals surface area contributed by atoms with E-state index in [1.165, 1.54) is 0 Å². The average molecular weight is 499 g/mol. The van der Waals surface area contributed by atoms with Gasteiger partial charge in [0.05, 0.1) is 16.1 Å². The van der Waals surface area contributed by atoms with Crippen LogP contribution in [0.4, 0.5) is 4.79 Å². The van der Waals surface area contributed by atoms with E-state index in [1.54, 1.807) is 37.0 Å². The number of benzene rings is 1. The Morgan fingerprint density at radius 2 is 1.89 bits per heavy atom. The van der Waals surface area contributed by atoms with E-state index in [4.69, 9.17) is 4.74 Å². The Kier molecular flexibility index (Phi) is 7.44. The van der Waals surface area contributed by atoms with Crippen LogP contribution in [-0.4, -0.2) is 52.0 Å². The number of hydrogen-bond acceptors (Lipinski definition) is 6. The van der Waals surface area contributed by atoms with Crippen LogP contribution in [0.5, 0.6) is 0 Å². The fraction of sp³-hybridized carbons (Fsp3) is 0.538. The molecule has 9 heteroatoms. The Hall–Kier alpha value is -2.94. The Morgan fingerprint density at radius 3 is 2.49 bits per heavy atom. The van der Waals surface area contributed by atoms with E-state index in [9.17, 15) is 14.4 Å². The minimum absolute atomic E-state index is 0.0972. The lowest BCUT2D eigenvalue weighted by Crippen LogP contribution is -2.54. The number of aryl methyl sites for hydroxylation is 1. The van der Waals surface area contributed by atoms with E-state index < -0.39 is 23.8 Å². The van der Waals surface area contributed by atoms with Crippen LogP contribution in [0.1, 0.15) is 57.7 Å². The molecule has 0 bridgehead atoms. The van der Waals surface area contributed by atoms with Crippen molar-refractivity contribution in [2.24, 2.45) is 5.92 Å². The average Bonchev–Trinajstić information content (AvgIpc) is 3.35. The lowest BCUT2D eigenvalue weighted by atomic mass is 10.1. The number of carbonyl (C=O) groups is 3. The molecular weight excluding hydrogens is 464 g/mol. The number of carbonyl (C=O) groups excluding carboxylic acids is 3. The summed E-state index contributed by atoms with van der Waals surface area (Å²) in [5.74, 6) is -0.259. The molecule has 2 heterocycles. The SMILES string of the molecule is Cc1ncsc1-c1ccc(CNC(=O)C2CCCN2C(=O)C(NC(=O)OC(C)(C)C)C2CC2)cc1. The van der Waals surface area contributed by atoms with Crippen LogP contribution >= 0.6 is 11.3 Å². The number of alkyl carbamates (subject to hydrolysis) is 1. The maximum absolute atomic E-state index is 13.4. The molecule has 2 atom stereocenters. The molecule has 2 aromatic rings. The van der Waals surface area contributed by atoms with Crippen molar-refractivity contribution in [1.29, 1.82) is 0 Å². The standard InChI is InChI=1S/C26H34N4O4S/c1-16-22(35-15-28-16)19-9-7-17(8-10-19)14-27-23(31)20-6-5-13-30(20)24(32)21(18-11-12-18)29-25(33)34-26(2,3)4/h7-10,15,18,20-21H,5-6,11-14H2,1-4H3,(H,27,31)(H,29,33). The number of aromatic nitrogens is 1. The first-order valence-electron chi connectivity index (χ1n) is 12.2. The molecule has 35 heavy (non-hydrogen) atoms. The molecule has 1 aromatic carbocycles. The van der Waals surface area contributed by atoms with Crippen LogP contribution in [0.3, 0.4) is 0 Å². The highest BCUT2D eigenvalue weighted by atomic mass is 32.1. The highest BCUT2D eigenvalue weighted by Crippen LogP contribution is 2.35. The number of ether oxygens (including phenoxy) is 1. The van der Waals surface area contributed by atoms with E-state index in [0.29, 0.717) is 19.5 Å². The van der Waals surface area contributed by atoms with Crippen molar-refractivity contribution in [3.63, 3.8) is 0 Å². The Bertz CT molecular complexity index is 1070. The predicted octanol–water partition coefficient (Wildman–Crippen LogP) is 4.03. The van der Waals surface area contributed by atoms with Crippen molar-refractivity contribution < 1.29 is 19.1 Å². The van der Waals surface area contributed by atoms with E-state index >= 15 is 0 Å². The summed E-state index contributed by atoms with van der Waals surface area (Å²) < 4.78 is 5.36. The Labute approximate surface area is 210 Å². The van der Waals surface area contributed by atoms with Gasteiger partial charge in [-0.2, -0.15) is 0 Å². The number of rotatable bonds is 7. The van der Waals surface area contributed by atoms with Crippen molar-refractivity contribution in [3.05, 3.63) is 41.0 Å². The summed E-state index contributed by atoms with van der Waals surface area (Å²) in [4.78, 5) is 45.8. The molecule has 2 aliphatic rings. The first kappa shape index (κ1) is 25.2. The van der Waals surface area contributed by atoms with Crippen molar-refractivity contribution >= 4 is 29.2 Å². The monoisotopic (exact) mass is 498 g/mol. The van der Waals surface area contributed by atoms with Gasteiger partial charge < -0.3 is 20.3 Å². The summed E-state index contributed by atoms with van der Waals surface area (Å²) in [6.07, 6.45) is 2.55. The lowest BCUT2D eigenvalue weighted by Gasteiger charge is -2.29.